The first-order valence-electron chi connectivity index (χ1n) is 5.70. The lowest BCUT2D eigenvalue weighted by atomic mass is 9.93. The number of fused-ring (bicyclic) bond motifs is 1. The van der Waals surface area contributed by atoms with Crippen molar-refractivity contribution >= 4 is 29.9 Å². The van der Waals surface area contributed by atoms with Gasteiger partial charge in [-0.3, -0.25) is 4.99 Å². The first kappa shape index (κ1) is 14.0. The Hall–Kier alpha value is -0.0400. The quantitative estimate of drug-likeness (QED) is 0.747. The maximum Gasteiger partial charge on any atom is 0.192 e. The molecule has 2 saturated heterocycles. The largest absolute Gasteiger partial charge is 0.377 e. The zero-order valence-corrected chi connectivity index (χ0v) is 12.6. The van der Waals surface area contributed by atoms with Gasteiger partial charge in [-0.15, -0.1) is 24.0 Å². The fourth-order valence-corrected chi connectivity index (χ4v) is 1.83. The Morgan fingerprint density at radius 2 is 1.81 bits per heavy atom. The molecular formula is C11H22IN3O. The monoisotopic (exact) mass is 339 g/mol. The lowest BCUT2D eigenvalue weighted by Crippen LogP contribution is -2.31. The van der Waals surface area contributed by atoms with Gasteiger partial charge in [-0.2, -0.15) is 0 Å². The van der Waals surface area contributed by atoms with E-state index in [1.54, 1.807) is 0 Å². The molecule has 0 aromatic heterocycles. The van der Waals surface area contributed by atoms with Gasteiger partial charge in [-0.1, -0.05) is 20.8 Å². The molecule has 0 unspecified atom stereocenters. The molecule has 0 amide bonds. The Balaban J connectivity index is 0.00000128. The van der Waals surface area contributed by atoms with Crippen LogP contribution < -0.4 is 10.6 Å². The van der Waals surface area contributed by atoms with Crippen LogP contribution in [0.25, 0.3) is 0 Å². The van der Waals surface area contributed by atoms with Crippen LogP contribution >= 0.6 is 24.0 Å². The van der Waals surface area contributed by atoms with Crippen molar-refractivity contribution in [2.75, 3.05) is 19.8 Å². The van der Waals surface area contributed by atoms with Crippen LogP contribution in [0.5, 0.6) is 0 Å². The highest BCUT2D eigenvalue weighted by molar-refractivity contribution is 14.0. The van der Waals surface area contributed by atoms with Crippen LogP contribution in [0.4, 0.5) is 0 Å². The van der Waals surface area contributed by atoms with Crippen molar-refractivity contribution in [3.05, 3.63) is 0 Å². The molecule has 0 saturated carbocycles. The van der Waals surface area contributed by atoms with Crippen molar-refractivity contribution < 1.29 is 4.74 Å². The van der Waals surface area contributed by atoms with E-state index in [4.69, 9.17) is 4.74 Å². The Morgan fingerprint density at radius 3 is 2.31 bits per heavy atom. The zero-order valence-electron chi connectivity index (χ0n) is 10.2. The van der Waals surface area contributed by atoms with E-state index in [1.807, 2.05) is 0 Å². The van der Waals surface area contributed by atoms with Crippen LogP contribution in [0.3, 0.4) is 0 Å². The van der Waals surface area contributed by atoms with Crippen molar-refractivity contribution in [2.24, 2.45) is 10.4 Å². The van der Waals surface area contributed by atoms with E-state index in [-0.39, 0.29) is 24.0 Å². The minimum Gasteiger partial charge on any atom is -0.377 e. The van der Waals surface area contributed by atoms with Crippen molar-refractivity contribution in [1.82, 2.24) is 10.6 Å². The molecule has 0 spiro atoms. The number of halogens is 1. The van der Waals surface area contributed by atoms with Gasteiger partial charge in [0.25, 0.3) is 0 Å². The van der Waals surface area contributed by atoms with Crippen molar-refractivity contribution in [1.29, 1.82) is 0 Å². The first-order valence-corrected chi connectivity index (χ1v) is 5.70. The van der Waals surface area contributed by atoms with Crippen molar-refractivity contribution in [2.45, 2.75) is 39.3 Å². The van der Waals surface area contributed by atoms with Gasteiger partial charge in [-0.05, 0) is 11.8 Å². The molecule has 2 heterocycles. The zero-order chi connectivity index (χ0) is 10.9. The van der Waals surface area contributed by atoms with Gasteiger partial charge >= 0.3 is 0 Å². The number of hydrogen-bond acceptors (Lipinski definition) is 2. The summed E-state index contributed by atoms with van der Waals surface area (Å²) in [6, 6.07) is 0.858. The van der Waals surface area contributed by atoms with E-state index in [1.165, 1.54) is 0 Å². The Kier molecular flexibility index (Phi) is 4.85. The maximum atomic E-state index is 5.34. The number of guanidine groups is 1. The number of rotatable bonds is 2. The molecule has 0 radical (unpaired) electrons. The average Bonchev–Trinajstić information content (AvgIpc) is 2.60. The van der Waals surface area contributed by atoms with Gasteiger partial charge in [0, 0.05) is 6.54 Å². The van der Waals surface area contributed by atoms with Gasteiger partial charge in [-0.25, -0.2) is 0 Å². The predicted molar refractivity (Wildman–Crippen MR) is 76.5 cm³/mol. The van der Waals surface area contributed by atoms with Crippen LogP contribution in [-0.4, -0.2) is 37.8 Å². The summed E-state index contributed by atoms with van der Waals surface area (Å²) in [7, 11) is 0. The average molecular weight is 339 g/mol. The molecule has 2 aliphatic rings. The van der Waals surface area contributed by atoms with E-state index < -0.39 is 0 Å². The highest BCUT2D eigenvalue weighted by Crippen LogP contribution is 2.18. The summed E-state index contributed by atoms with van der Waals surface area (Å²) in [6.45, 7) is 9.22. The smallest absolute Gasteiger partial charge is 0.192 e. The topological polar surface area (TPSA) is 45.7 Å². The number of ether oxygens (including phenoxy) is 1. The minimum atomic E-state index is 0. The van der Waals surface area contributed by atoms with Crippen LogP contribution in [-0.2, 0) is 4.74 Å². The van der Waals surface area contributed by atoms with Gasteiger partial charge < -0.3 is 15.4 Å². The molecule has 2 atom stereocenters. The van der Waals surface area contributed by atoms with E-state index in [2.05, 4.69) is 36.4 Å². The highest BCUT2D eigenvalue weighted by atomic mass is 127. The second kappa shape index (κ2) is 5.53. The molecule has 2 fully saturated rings. The standard InChI is InChI=1S/C11H21N3O.HI/c1-11(2,3)4-5-12-10-13-8-6-15-7-9(8)14-10;/h8-9H,4-7H2,1-3H3,(H2,12,13,14);1H/t8-,9+;. The Bertz CT molecular complexity index is 248. The predicted octanol–water partition coefficient (Wildman–Crippen LogP) is 1.36. The molecule has 16 heavy (non-hydrogen) atoms. The number of hydrogen-bond donors (Lipinski definition) is 2. The first-order chi connectivity index (χ1) is 7.04. The van der Waals surface area contributed by atoms with Crippen LogP contribution in [0.2, 0.25) is 0 Å². The summed E-state index contributed by atoms with van der Waals surface area (Å²) in [5.41, 5.74) is 0.363. The molecule has 0 bridgehead atoms. The van der Waals surface area contributed by atoms with E-state index in [0.717, 1.165) is 32.1 Å². The van der Waals surface area contributed by atoms with Gasteiger partial charge in [0.05, 0.1) is 25.3 Å². The third-order valence-corrected chi connectivity index (χ3v) is 2.86. The fourth-order valence-electron chi connectivity index (χ4n) is 1.83. The molecule has 94 valence electrons. The van der Waals surface area contributed by atoms with Gasteiger partial charge in [0.15, 0.2) is 5.96 Å². The molecule has 0 aromatic carbocycles. The summed E-state index contributed by atoms with van der Waals surface area (Å²) >= 11 is 0. The van der Waals surface area contributed by atoms with Gasteiger partial charge in [0.2, 0.25) is 0 Å². The SMILES string of the molecule is CC(C)(C)CCN=C1N[C@H]2COC[C@H]2N1.I. The molecule has 2 N–H and O–H groups in total. The van der Waals surface area contributed by atoms with Crippen molar-refractivity contribution in [3.63, 3.8) is 0 Å². The van der Waals surface area contributed by atoms with E-state index in [0.29, 0.717) is 17.5 Å². The number of nitrogens with one attached hydrogen (secondary N) is 2. The molecule has 4 nitrogen and oxygen atoms in total. The number of nitrogens with zero attached hydrogens (tertiary/aromatic N) is 1. The second-order valence-electron chi connectivity index (χ2n) is 5.58. The Labute approximate surface area is 115 Å². The second-order valence-corrected chi connectivity index (χ2v) is 5.58. The minimum absolute atomic E-state index is 0. The maximum absolute atomic E-state index is 5.34. The lowest BCUT2D eigenvalue weighted by Gasteiger charge is -2.16. The number of aliphatic imine (C=N–C) groups is 1. The van der Waals surface area contributed by atoms with Crippen LogP contribution in [0, 0.1) is 5.41 Å². The third kappa shape index (κ3) is 3.76. The Morgan fingerprint density at radius 1 is 1.25 bits per heavy atom. The third-order valence-electron chi connectivity index (χ3n) is 2.86. The summed E-state index contributed by atoms with van der Waals surface area (Å²) < 4.78 is 5.34. The highest BCUT2D eigenvalue weighted by Gasteiger charge is 2.35. The summed E-state index contributed by atoms with van der Waals surface area (Å²) in [6.07, 6.45) is 1.12. The molecular weight excluding hydrogens is 317 g/mol. The molecule has 2 aliphatic heterocycles. The molecule has 2 rings (SSSR count). The summed E-state index contributed by atoms with van der Waals surface area (Å²) in [4.78, 5) is 4.53. The van der Waals surface area contributed by atoms with Crippen molar-refractivity contribution in [3.8, 4) is 0 Å². The summed E-state index contributed by atoms with van der Waals surface area (Å²) in [5, 5.41) is 6.71. The molecule has 5 heteroatoms. The normalized spacial score (nSPS) is 30.6. The van der Waals surface area contributed by atoms with E-state index >= 15 is 0 Å². The van der Waals surface area contributed by atoms with Crippen LogP contribution in [0.1, 0.15) is 27.2 Å². The summed E-state index contributed by atoms with van der Waals surface area (Å²) in [5.74, 6) is 0.956. The van der Waals surface area contributed by atoms with E-state index in [9.17, 15) is 0 Å². The fraction of sp³-hybridized carbons (Fsp3) is 0.909. The molecule has 0 aliphatic carbocycles. The lowest BCUT2D eigenvalue weighted by molar-refractivity contribution is 0.186. The molecule has 0 aromatic rings. The van der Waals surface area contributed by atoms with Gasteiger partial charge in [0.1, 0.15) is 0 Å². The van der Waals surface area contributed by atoms with Crippen LogP contribution in [0.15, 0.2) is 4.99 Å².